The monoisotopic (exact) mass is 278 g/mol. The third kappa shape index (κ3) is 4.62. The summed E-state index contributed by atoms with van der Waals surface area (Å²) in [5, 5.41) is 13.3. The first kappa shape index (κ1) is 16.7. The highest BCUT2D eigenvalue weighted by molar-refractivity contribution is 5.81. The zero-order valence-corrected chi connectivity index (χ0v) is 12.9. The van der Waals surface area contributed by atoms with Crippen LogP contribution in [-0.2, 0) is 10.4 Å². The van der Waals surface area contributed by atoms with Gasteiger partial charge in [0.15, 0.2) is 0 Å². The number of amides is 1. The van der Waals surface area contributed by atoms with Crippen molar-refractivity contribution in [3.63, 3.8) is 0 Å². The Bertz CT molecular complexity index is 416. The summed E-state index contributed by atoms with van der Waals surface area (Å²) in [6.45, 7) is 3.99. The fourth-order valence-corrected chi connectivity index (χ4v) is 2.17. The molecule has 20 heavy (non-hydrogen) atoms. The van der Waals surface area contributed by atoms with Gasteiger partial charge in [-0.25, -0.2) is 0 Å². The molecule has 2 unspecified atom stereocenters. The van der Waals surface area contributed by atoms with Gasteiger partial charge in [0.25, 0.3) is 0 Å². The van der Waals surface area contributed by atoms with E-state index in [0.29, 0.717) is 0 Å². The van der Waals surface area contributed by atoms with Crippen LogP contribution < -0.4 is 5.32 Å². The fraction of sp³-hybridized carbons (Fsp3) is 0.562. The summed E-state index contributed by atoms with van der Waals surface area (Å²) in [6.07, 6.45) is 1.76. The molecule has 0 heterocycles. The smallest absolute Gasteiger partial charge is 0.237 e. The molecular weight excluding hydrogens is 252 g/mol. The number of aliphatic hydroxyl groups is 1. The fourth-order valence-electron chi connectivity index (χ4n) is 2.17. The van der Waals surface area contributed by atoms with Crippen molar-refractivity contribution in [2.24, 2.45) is 0 Å². The van der Waals surface area contributed by atoms with Gasteiger partial charge in [-0.15, -0.1) is 0 Å². The summed E-state index contributed by atoms with van der Waals surface area (Å²) in [6, 6.07) is 9.24. The average molecular weight is 278 g/mol. The molecule has 2 atom stereocenters. The van der Waals surface area contributed by atoms with Crippen molar-refractivity contribution in [1.82, 2.24) is 10.2 Å². The number of benzene rings is 1. The Morgan fingerprint density at radius 1 is 1.35 bits per heavy atom. The van der Waals surface area contributed by atoms with Crippen LogP contribution in [0.3, 0.4) is 0 Å². The molecule has 0 aromatic heterocycles. The van der Waals surface area contributed by atoms with E-state index in [2.05, 4.69) is 12.2 Å². The molecule has 0 aliphatic carbocycles. The Morgan fingerprint density at radius 2 is 1.95 bits per heavy atom. The lowest BCUT2D eigenvalue weighted by Crippen LogP contribution is -2.47. The van der Waals surface area contributed by atoms with Crippen LogP contribution in [0.2, 0.25) is 0 Å². The minimum Gasteiger partial charge on any atom is -0.384 e. The van der Waals surface area contributed by atoms with Gasteiger partial charge in [-0.3, -0.25) is 9.69 Å². The van der Waals surface area contributed by atoms with Gasteiger partial charge >= 0.3 is 0 Å². The number of rotatable bonds is 7. The number of hydrogen-bond acceptors (Lipinski definition) is 3. The maximum Gasteiger partial charge on any atom is 0.237 e. The van der Waals surface area contributed by atoms with E-state index in [0.717, 1.165) is 18.4 Å². The highest BCUT2D eigenvalue weighted by Gasteiger charge is 2.26. The van der Waals surface area contributed by atoms with E-state index in [-0.39, 0.29) is 18.5 Å². The lowest BCUT2D eigenvalue weighted by Gasteiger charge is -2.27. The molecule has 1 aromatic rings. The van der Waals surface area contributed by atoms with Crippen molar-refractivity contribution in [1.29, 1.82) is 0 Å². The van der Waals surface area contributed by atoms with Gasteiger partial charge in [0.05, 0.1) is 12.6 Å². The van der Waals surface area contributed by atoms with Gasteiger partial charge in [-0.05, 0) is 33.0 Å². The van der Waals surface area contributed by atoms with Gasteiger partial charge in [-0.2, -0.15) is 0 Å². The second-order valence-electron chi connectivity index (χ2n) is 5.63. The van der Waals surface area contributed by atoms with Crippen LogP contribution >= 0.6 is 0 Å². The molecule has 0 radical (unpaired) electrons. The molecular formula is C16H26N2O2. The van der Waals surface area contributed by atoms with Crippen LogP contribution in [0.5, 0.6) is 0 Å². The van der Waals surface area contributed by atoms with E-state index in [4.69, 9.17) is 0 Å². The standard InChI is InChI=1S/C16H26N2O2/c1-5-9-14(18(3)4)15(19)17-12-16(2,20)13-10-7-6-8-11-13/h6-8,10-11,14,20H,5,9,12H2,1-4H3,(H,17,19). The highest BCUT2D eigenvalue weighted by Crippen LogP contribution is 2.19. The topological polar surface area (TPSA) is 52.6 Å². The van der Waals surface area contributed by atoms with Crippen molar-refractivity contribution in [2.45, 2.75) is 38.3 Å². The summed E-state index contributed by atoms with van der Waals surface area (Å²) >= 11 is 0. The van der Waals surface area contributed by atoms with Gasteiger partial charge < -0.3 is 10.4 Å². The van der Waals surface area contributed by atoms with E-state index in [1.807, 2.05) is 49.3 Å². The lowest BCUT2D eigenvalue weighted by atomic mass is 9.96. The van der Waals surface area contributed by atoms with Crippen molar-refractivity contribution in [3.05, 3.63) is 35.9 Å². The Labute approximate surface area is 121 Å². The van der Waals surface area contributed by atoms with Gasteiger partial charge in [0.2, 0.25) is 5.91 Å². The molecule has 0 spiro atoms. The third-order valence-electron chi connectivity index (χ3n) is 3.49. The van der Waals surface area contributed by atoms with Crippen LogP contribution in [0.1, 0.15) is 32.3 Å². The first-order valence-electron chi connectivity index (χ1n) is 7.10. The van der Waals surface area contributed by atoms with Crippen LogP contribution in [-0.4, -0.2) is 42.6 Å². The number of nitrogens with zero attached hydrogens (tertiary/aromatic N) is 1. The van der Waals surface area contributed by atoms with Gasteiger partial charge in [0.1, 0.15) is 5.60 Å². The Hall–Kier alpha value is -1.39. The number of carbonyl (C=O) groups excluding carboxylic acids is 1. The number of nitrogens with one attached hydrogen (secondary N) is 1. The largest absolute Gasteiger partial charge is 0.384 e. The van der Waals surface area contributed by atoms with E-state index >= 15 is 0 Å². The van der Waals surface area contributed by atoms with E-state index in [1.54, 1.807) is 6.92 Å². The number of hydrogen-bond donors (Lipinski definition) is 2. The minimum absolute atomic E-state index is 0.0342. The molecule has 1 rings (SSSR count). The molecule has 4 heteroatoms. The van der Waals surface area contributed by atoms with Crippen molar-refractivity contribution in [3.8, 4) is 0 Å². The predicted molar refractivity (Wildman–Crippen MR) is 81.4 cm³/mol. The summed E-state index contributed by atoms with van der Waals surface area (Å²) < 4.78 is 0. The molecule has 112 valence electrons. The molecule has 0 aliphatic heterocycles. The lowest BCUT2D eigenvalue weighted by molar-refractivity contribution is -0.127. The molecule has 0 saturated heterocycles. The number of likely N-dealkylation sites (N-methyl/N-ethyl adjacent to an activating group) is 1. The zero-order chi connectivity index (χ0) is 15.2. The van der Waals surface area contributed by atoms with Crippen molar-refractivity contribution < 1.29 is 9.90 Å². The molecule has 0 fully saturated rings. The molecule has 0 bridgehead atoms. The quantitative estimate of drug-likeness (QED) is 0.799. The summed E-state index contributed by atoms with van der Waals surface area (Å²) in [4.78, 5) is 14.1. The minimum atomic E-state index is -1.06. The average Bonchev–Trinajstić information content (AvgIpc) is 2.43. The SMILES string of the molecule is CCCC(C(=O)NCC(C)(O)c1ccccc1)N(C)C. The van der Waals surface area contributed by atoms with Crippen LogP contribution in [0.25, 0.3) is 0 Å². The first-order valence-corrected chi connectivity index (χ1v) is 7.10. The van der Waals surface area contributed by atoms with Crippen LogP contribution in [0.15, 0.2) is 30.3 Å². The molecule has 0 aliphatic rings. The van der Waals surface area contributed by atoms with Gasteiger partial charge in [-0.1, -0.05) is 43.7 Å². The normalized spacial score (nSPS) is 15.7. The molecule has 1 aromatic carbocycles. The molecule has 2 N–H and O–H groups in total. The van der Waals surface area contributed by atoms with E-state index in [1.165, 1.54) is 0 Å². The Morgan fingerprint density at radius 3 is 2.45 bits per heavy atom. The highest BCUT2D eigenvalue weighted by atomic mass is 16.3. The summed E-state index contributed by atoms with van der Waals surface area (Å²) in [5.41, 5.74) is -0.253. The summed E-state index contributed by atoms with van der Waals surface area (Å²) in [5.74, 6) is -0.0342. The van der Waals surface area contributed by atoms with Gasteiger partial charge in [0, 0.05) is 0 Å². The van der Waals surface area contributed by atoms with Crippen LogP contribution in [0.4, 0.5) is 0 Å². The second-order valence-corrected chi connectivity index (χ2v) is 5.63. The second kappa shape index (κ2) is 7.41. The Balaban J connectivity index is 2.63. The Kier molecular flexibility index (Phi) is 6.17. The van der Waals surface area contributed by atoms with Crippen molar-refractivity contribution in [2.75, 3.05) is 20.6 Å². The predicted octanol–water partition coefficient (Wildman–Crippen LogP) is 1.74. The maximum atomic E-state index is 12.2. The summed E-state index contributed by atoms with van der Waals surface area (Å²) in [7, 11) is 3.80. The van der Waals surface area contributed by atoms with Crippen LogP contribution in [0, 0.1) is 0 Å². The third-order valence-corrected chi connectivity index (χ3v) is 3.49. The number of carbonyl (C=O) groups is 1. The van der Waals surface area contributed by atoms with E-state index < -0.39 is 5.60 Å². The maximum absolute atomic E-state index is 12.2. The first-order chi connectivity index (χ1) is 9.38. The van der Waals surface area contributed by atoms with E-state index in [9.17, 15) is 9.90 Å². The van der Waals surface area contributed by atoms with Crippen molar-refractivity contribution >= 4 is 5.91 Å². The molecule has 1 amide bonds. The zero-order valence-electron chi connectivity index (χ0n) is 12.9. The molecule has 4 nitrogen and oxygen atoms in total. The molecule has 0 saturated carbocycles.